The quantitative estimate of drug-likeness (QED) is 0.569. The van der Waals surface area contributed by atoms with Gasteiger partial charge in [-0.1, -0.05) is 31.5 Å². The number of primary sulfonamides is 1. The summed E-state index contributed by atoms with van der Waals surface area (Å²) in [5.74, 6) is 0.430. The molecule has 0 aliphatic rings. The summed E-state index contributed by atoms with van der Waals surface area (Å²) >= 11 is 0. The fourth-order valence-corrected chi connectivity index (χ4v) is 3.17. The summed E-state index contributed by atoms with van der Waals surface area (Å²) in [4.78, 5) is 11.1. The van der Waals surface area contributed by atoms with Crippen LogP contribution in [0.2, 0.25) is 0 Å². The van der Waals surface area contributed by atoms with E-state index in [2.05, 4.69) is 17.6 Å². The van der Waals surface area contributed by atoms with E-state index < -0.39 is 10.0 Å². The standard InChI is InChI=1S/C19H25N3O4S/c1-3-4-10-21-17-11-15(13-22-14(2)23)12-18(27(20,24)25)19(17)26-16-8-6-5-7-9-16/h5-9,11-12,21H,3-4,10,13H2,1-2H3,(H,22,23)(H2,20,24,25). The smallest absolute Gasteiger partial charge is 0.241 e. The molecule has 27 heavy (non-hydrogen) atoms. The van der Waals surface area contributed by atoms with Crippen LogP contribution in [0.1, 0.15) is 32.3 Å². The Bertz CT molecular complexity index is 883. The molecule has 2 rings (SSSR count). The second-order valence-corrected chi connectivity index (χ2v) is 7.65. The van der Waals surface area contributed by atoms with Gasteiger partial charge in [-0.15, -0.1) is 0 Å². The van der Waals surface area contributed by atoms with Crippen LogP contribution in [-0.4, -0.2) is 20.9 Å². The van der Waals surface area contributed by atoms with Gasteiger partial charge in [-0.05, 0) is 36.2 Å². The maximum atomic E-state index is 12.2. The van der Waals surface area contributed by atoms with Crippen LogP contribution in [0.25, 0.3) is 0 Å². The fraction of sp³-hybridized carbons (Fsp3) is 0.316. The molecule has 0 spiro atoms. The van der Waals surface area contributed by atoms with E-state index in [1.807, 2.05) is 6.07 Å². The predicted molar refractivity (Wildman–Crippen MR) is 105 cm³/mol. The molecule has 7 nitrogen and oxygen atoms in total. The summed E-state index contributed by atoms with van der Waals surface area (Å²) in [5, 5.41) is 11.3. The van der Waals surface area contributed by atoms with E-state index in [4.69, 9.17) is 9.88 Å². The molecule has 1 amide bonds. The number of para-hydroxylation sites is 1. The minimum atomic E-state index is -4.05. The van der Waals surface area contributed by atoms with E-state index in [9.17, 15) is 13.2 Å². The number of unbranched alkanes of at least 4 members (excludes halogenated alkanes) is 1. The second-order valence-electron chi connectivity index (χ2n) is 6.12. The van der Waals surface area contributed by atoms with Gasteiger partial charge in [0.1, 0.15) is 10.6 Å². The van der Waals surface area contributed by atoms with E-state index in [1.54, 1.807) is 30.3 Å². The Kier molecular flexibility index (Phi) is 7.20. The predicted octanol–water partition coefficient (Wildman–Crippen LogP) is 2.97. The number of ether oxygens (including phenoxy) is 1. The van der Waals surface area contributed by atoms with E-state index in [-0.39, 0.29) is 23.1 Å². The number of benzene rings is 2. The van der Waals surface area contributed by atoms with Crippen LogP contribution < -0.4 is 20.5 Å². The average Bonchev–Trinajstić information content (AvgIpc) is 2.61. The van der Waals surface area contributed by atoms with Crippen LogP contribution >= 0.6 is 0 Å². The molecule has 0 bridgehead atoms. The molecule has 0 saturated heterocycles. The van der Waals surface area contributed by atoms with Crippen LogP contribution in [0, 0.1) is 0 Å². The maximum Gasteiger partial charge on any atom is 0.241 e. The lowest BCUT2D eigenvalue weighted by Gasteiger charge is -2.18. The van der Waals surface area contributed by atoms with Gasteiger partial charge in [-0.25, -0.2) is 13.6 Å². The normalized spacial score (nSPS) is 11.1. The minimum Gasteiger partial charge on any atom is -0.454 e. The van der Waals surface area contributed by atoms with Crippen LogP contribution in [0.4, 0.5) is 5.69 Å². The van der Waals surface area contributed by atoms with Gasteiger partial charge in [0.15, 0.2) is 5.75 Å². The first kappa shape index (κ1) is 20.7. The Morgan fingerprint density at radius 3 is 2.48 bits per heavy atom. The molecule has 146 valence electrons. The number of carbonyl (C=O) groups is 1. The Balaban J connectivity index is 2.52. The highest BCUT2D eigenvalue weighted by Crippen LogP contribution is 2.37. The van der Waals surface area contributed by atoms with Gasteiger partial charge in [-0.3, -0.25) is 4.79 Å². The Labute approximate surface area is 160 Å². The average molecular weight is 391 g/mol. The number of sulfonamides is 1. The summed E-state index contributed by atoms with van der Waals surface area (Å²) in [7, 11) is -4.05. The summed E-state index contributed by atoms with van der Waals surface area (Å²) in [6.07, 6.45) is 1.89. The van der Waals surface area contributed by atoms with Gasteiger partial charge < -0.3 is 15.4 Å². The zero-order valence-corrected chi connectivity index (χ0v) is 16.3. The lowest BCUT2D eigenvalue weighted by atomic mass is 10.1. The van der Waals surface area contributed by atoms with Crippen molar-refractivity contribution in [2.75, 3.05) is 11.9 Å². The minimum absolute atomic E-state index is 0.131. The summed E-state index contributed by atoms with van der Waals surface area (Å²) < 4.78 is 30.3. The molecule has 0 unspecified atom stereocenters. The lowest BCUT2D eigenvalue weighted by Crippen LogP contribution is -2.20. The third-order valence-electron chi connectivity index (χ3n) is 3.77. The van der Waals surface area contributed by atoms with Crippen molar-refractivity contribution in [3.05, 3.63) is 48.0 Å². The molecule has 0 fully saturated rings. The van der Waals surface area contributed by atoms with Crippen molar-refractivity contribution in [3.8, 4) is 11.5 Å². The van der Waals surface area contributed by atoms with Crippen LogP contribution in [0.5, 0.6) is 11.5 Å². The third-order valence-corrected chi connectivity index (χ3v) is 4.69. The summed E-state index contributed by atoms with van der Waals surface area (Å²) in [6.45, 7) is 4.29. The topological polar surface area (TPSA) is 111 Å². The molecule has 2 aromatic carbocycles. The van der Waals surface area contributed by atoms with Crippen LogP contribution in [0.3, 0.4) is 0 Å². The Morgan fingerprint density at radius 1 is 1.19 bits per heavy atom. The highest BCUT2D eigenvalue weighted by molar-refractivity contribution is 7.89. The van der Waals surface area contributed by atoms with E-state index in [1.165, 1.54) is 13.0 Å². The van der Waals surface area contributed by atoms with Crippen molar-refractivity contribution >= 4 is 21.6 Å². The van der Waals surface area contributed by atoms with Crippen molar-refractivity contribution in [1.82, 2.24) is 5.32 Å². The van der Waals surface area contributed by atoms with Gasteiger partial charge >= 0.3 is 0 Å². The highest BCUT2D eigenvalue weighted by atomic mass is 32.2. The summed E-state index contributed by atoms with van der Waals surface area (Å²) in [5.41, 5.74) is 1.12. The molecule has 0 saturated carbocycles. The Morgan fingerprint density at radius 2 is 1.89 bits per heavy atom. The van der Waals surface area contributed by atoms with Crippen molar-refractivity contribution in [1.29, 1.82) is 0 Å². The first-order valence-electron chi connectivity index (χ1n) is 8.72. The number of rotatable bonds is 9. The number of hydrogen-bond acceptors (Lipinski definition) is 5. The lowest BCUT2D eigenvalue weighted by molar-refractivity contribution is -0.119. The molecule has 2 aromatic rings. The second kappa shape index (κ2) is 9.38. The van der Waals surface area contributed by atoms with Crippen LogP contribution in [-0.2, 0) is 21.4 Å². The number of nitrogens with two attached hydrogens (primary N) is 1. The van der Waals surface area contributed by atoms with E-state index in [0.29, 0.717) is 23.5 Å². The number of anilines is 1. The van der Waals surface area contributed by atoms with Gasteiger partial charge in [0.25, 0.3) is 0 Å². The van der Waals surface area contributed by atoms with Gasteiger partial charge in [0.05, 0.1) is 5.69 Å². The van der Waals surface area contributed by atoms with Gasteiger partial charge in [0.2, 0.25) is 15.9 Å². The number of amides is 1. The van der Waals surface area contributed by atoms with Crippen molar-refractivity contribution < 1.29 is 17.9 Å². The molecule has 0 aromatic heterocycles. The van der Waals surface area contributed by atoms with Crippen molar-refractivity contribution in [3.63, 3.8) is 0 Å². The molecule has 0 aliphatic heterocycles. The molecule has 0 atom stereocenters. The first-order chi connectivity index (χ1) is 12.8. The zero-order valence-electron chi connectivity index (χ0n) is 15.5. The number of carbonyl (C=O) groups excluding carboxylic acids is 1. The fourth-order valence-electron chi connectivity index (χ4n) is 2.44. The van der Waals surface area contributed by atoms with Crippen LogP contribution in [0.15, 0.2) is 47.4 Å². The molecule has 8 heteroatoms. The van der Waals surface area contributed by atoms with Gasteiger partial charge in [-0.2, -0.15) is 0 Å². The molecule has 0 aliphatic carbocycles. The molecular formula is C19H25N3O4S. The molecule has 4 N–H and O–H groups in total. The summed E-state index contributed by atoms with van der Waals surface area (Å²) in [6, 6.07) is 12.1. The zero-order chi connectivity index (χ0) is 19.9. The number of hydrogen-bond donors (Lipinski definition) is 3. The highest BCUT2D eigenvalue weighted by Gasteiger charge is 2.21. The first-order valence-corrected chi connectivity index (χ1v) is 10.3. The largest absolute Gasteiger partial charge is 0.454 e. The maximum absolute atomic E-state index is 12.2. The number of nitrogens with one attached hydrogen (secondary N) is 2. The Hall–Kier alpha value is -2.58. The van der Waals surface area contributed by atoms with Gasteiger partial charge in [0, 0.05) is 20.0 Å². The monoisotopic (exact) mass is 391 g/mol. The molecular weight excluding hydrogens is 366 g/mol. The van der Waals surface area contributed by atoms with E-state index in [0.717, 1.165) is 12.8 Å². The van der Waals surface area contributed by atoms with Crippen molar-refractivity contribution in [2.45, 2.75) is 38.1 Å². The SMILES string of the molecule is CCCCNc1cc(CNC(C)=O)cc(S(N)(=O)=O)c1Oc1ccccc1. The molecule has 0 radical (unpaired) electrons. The van der Waals surface area contributed by atoms with E-state index >= 15 is 0 Å². The van der Waals surface area contributed by atoms with Crippen molar-refractivity contribution in [2.24, 2.45) is 5.14 Å². The molecule has 0 heterocycles. The third kappa shape index (κ3) is 6.26.